The maximum absolute atomic E-state index is 12.7. The van der Waals surface area contributed by atoms with E-state index in [9.17, 15) is 14.7 Å². The van der Waals surface area contributed by atoms with Gasteiger partial charge in [0.05, 0.1) is 17.0 Å². The SMILES string of the molecule is CCCc1ccc(/C(O)=C2\CCc3nc(CC(C)=O)sc3C2=O)cn1. The summed E-state index contributed by atoms with van der Waals surface area (Å²) in [6, 6.07) is 3.68. The van der Waals surface area contributed by atoms with Gasteiger partial charge >= 0.3 is 0 Å². The predicted molar refractivity (Wildman–Crippen MR) is 96.9 cm³/mol. The smallest absolute Gasteiger partial charge is 0.204 e. The van der Waals surface area contributed by atoms with E-state index in [-0.39, 0.29) is 23.7 Å². The third-order valence-corrected chi connectivity index (χ3v) is 5.22. The van der Waals surface area contributed by atoms with Crippen LogP contribution in [0.4, 0.5) is 0 Å². The minimum atomic E-state index is -0.191. The molecular formula is C19H20N2O3S. The first-order chi connectivity index (χ1) is 12.0. The second kappa shape index (κ2) is 7.27. The first-order valence-corrected chi connectivity index (χ1v) is 9.21. The fourth-order valence-corrected chi connectivity index (χ4v) is 4.05. The van der Waals surface area contributed by atoms with E-state index in [4.69, 9.17) is 0 Å². The number of hydrogen-bond donors (Lipinski definition) is 1. The molecule has 130 valence electrons. The van der Waals surface area contributed by atoms with Crippen LogP contribution >= 0.6 is 11.3 Å². The van der Waals surface area contributed by atoms with Crippen LogP contribution in [0, 0.1) is 0 Å². The zero-order chi connectivity index (χ0) is 18.0. The molecule has 0 unspecified atom stereocenters. The van der Waals surface area contributed by atoms with Crippen molar-refractivity contribution in [2.24, 2.45) is 0 Å². The maximum Gasteiger partial charge on any atom is 0.204 e. The van der Waals surface area contributed by atoms with Crippen molar-refractivity contribution in [1.29, 1.82) is 0 Å². The molecule has 3 rings (SSSR count). The number of aliphatic hydroxyl groups excluding tert-OH is 1. The number of aliphatic hydroxyl groups is 1. The number of carbonyl (C=O) groups is 2. The normalized spacial score (nSPS) is 15.8. The monoisotopic (exact) mass is 356 g/mol. The van der Waals surface area contributed by atoms with Gasteiger partial charge in [-0.25, -0.2) is 4.98 Å². The topological polar surface area (TPSA) is 80.2 Å². The zero-order valence-corrected chi connectivity index (χ0v) is 15.2. The summed E-state index contributed by atoms with van der Waals surface area (Å²) in [5.74, 6) is -0.174. The van der Waals surface area contributed by atoms with E-state index in [2.05, 4.69) is 16.9 Å². The molecule has 2 aromatic heterocycles. The highest BCUT2D eigenvalue weighted by Crippen LogP contribution is 2.33. The van der Waals surface area contributed by atoms with Crippen LogP contribution in [0.2, 0.25) is 0 Å². The van der Waals surface area contributed by atoms with E-state index in [0.29, 0.717) is 33.9 Å². The Morgan fingerprint density at radius 3 is 2.76 bits per heavy atom. The molecule has 1 aliphatic rings. The number of pyridine rings is 1. The predicted octanol–water partition coefficient (Wildman–Crippen LogP) is 3.72. The molecule has 0 saturated heterocycles. The van der Waals surface area contributed by atoms with E-state index < -0.39 is 0 Å². The quantitative estimate of drug-likeness (QED) is 0.652. The summed E-state index contributed by atoms with van der Waals surface area (Å²) in [7, 11) is 0. The first-order valence-electron chi connectivity index (χ1n) is 8.39. The third kappa shape index (κ3) is 3.69. The van der Waals surface area contributed by atoms with Gasteiger partial charge in [-0.3, -0.25) is 14.6 Å². The molecule has 5 nitrogen and oxygen atoms in total. The molecule has 0 atom stereocenters. The summed E-state index contributed by atoms with van der Waals surface area (Å²) in [5.41, 5.74) is 2.66. The van der Waals surface area contributed by atoms with Crippen LogP contribution in [0.1, 0.15) is 58.3 Å². The van der Waals surface area contributed by atoms with Crippen molar-refractivity contribution in [3.63, 3.8) is 0 Å². The standard InChI is InChI=1S/C19H20N2O3S/c1-3-4-13-6-5-12(10-20-13)17(23)14-7-8-15-19(18(14)24)25-16(21-15)9-11(2)22/h5-6,10,23H,3-4,7-9H2,1-2H3/b17-14-. The number of ketones is 2. The lowest BCUT2D eigenvalue weighted by atomic mass is 9.93. The van der Waals surface area contributed by atoms with E-state index in [1.165, 1.54) is 18.3 Å². The molecule has 6 heteroatoms. The molecule has 0 spiro atoms. The van der Waals surface area contributed by atoms with Crippen LogP contribution in [0.3, 0.4) is 0 Å². The lowest BCUT2D eigenvalue weighted by Gasteiger charge is -2.14. The Hall–Kier alpha value is -2.34. The van der Waals surface area contributed by atoms with Crippen LogP contribution in [-0.2, 0) is 24.1 Å². The second-order valence-electron chi connectivity index (χ2n) is 6.21. The molecule has 0 radical (unpaired) electrons. The largest absolute Gasteiger partial charge is 0.507 e. The highest BCUT2D eigenvalue weighted by molar-refractivity contribution is 7.14. The van der Waals surface area contributed by atoms with Crippen LogP contribution in [0.25, 0.3) is 5.76 Å². The third-order valence-electron chi connectivity index (χ3n) is 4.12. The Morgan fingerprint density at radius 1 is 1.32 bits per heavy atom. The highest BCUT2D eigenvalue weighted by Gasteiger charge is 2.29. The minimum Gasteiger partial charge on any atom is -0.507 e. The van der Waals surface area contributed by atoms with E-state index >= 15 is 0 Å². The van der Waals surface area contributed by atoms with Crippen molar-refractivity contribution in [1.82, 2.24) is 9.97 Å². The van der Waals surface area contributed by atoms with Gasteiger partial charge in [-0.2, -0.15) is 0 Å². The summed E-state index contributed by atoms with van der Waals surface area (Å²) >= 11 is 1.25. The fraction of sp³-hybridized carbons (Fsp3) is 0.368. The van der Waals surface area contributed by atoms with Crippen molar-refractivity contribution in [2.75, 3.05) is 0 Å². The Bertz CT molecular complexity index is 850. The molecule has 1 N–H and O–H groups in total. The van der Waals surface area contributed by atoms with Crippen molar-refractivity contribution >= 4 is 28.7 Å². The molecule has 1 aliphatic carbocycles. The van der Waals surface area contributed by atoms with Crippen LogP contribution in [0.5, 0.6) is 0 Å². The molecular weight excluding hydrogens is 336 g/mol. The summed E-state index contributed by atoms with van der Waals surface area (Å²) in [4.78, 5) is 33.3. The molecule has 0 saturated carbocycles. The fourth-order valence-electron chi connectivity index (χ4n) is 2.90. The number of aromatic nitrogens is 2. The molecule has 0 fully saturated rings. The van der Waals surface area contributed by atoms with Gasteiger partial charge in [0.1, 0.15) is 16.6 Å². The first kappa shape index (κ1) is 17.5. The molecule has 2 aromatic rings. The Morgan fingerprint density at radius 2 is 2.12 bits per heavy atom. The van der Waals surface area contributed by atoms with Crippen LogP contribution in [0.15, 0.2) is 23.9 Å². The molecule has 0 amide bonds. The van der Waals surface area contributed by atoms with E-state index in [1.54, 1.807) is 12.3 Å². The number of thiazole rings is 1. The number of fused-ring (bicyclic) bond motifs is 1. The average molecular weight is 356 g/mol. The van der Waals surface area contributed by atoms with Crippen molar-refractivity contribution < 1.29 is 14.7 Å². The number of Topliss-reactive ketones (excluding diaryl/α,β-unsaturated/α-hetero) is 2. The van der Waals surface area contributed by atoms with E-state index in [1.807, 2.05) is 6.07 Å². The average Bonchev–Trinajstić information content (AvgIpc) is 2.98. The lowest BCUT2D eigenvalue weighted by molar-refractivity contribution is -0.116. The zero-order valence-electron chi connectivity index (χ0n) is 14.3. The van der Waals surface area contributed by atoms with Gasteiger partial charge in [0.25, 0.3) is 0 Å². The minimum absolute atomic E-state index is 0.00674. The number of aryl methyl sites for hydroxylation is 2. The van der Waals surface area contributed by atoms with Crippen LogP contribution in [-0.4, -0.2) is 26.6 Å². The Kier molecular flexibility index (Phi) is 5.08. The van der Waals surface area contributed by atoms with Gasteiger partial charge in [0.15, 0.2) is 0 Å². The number of rotatable bonds is 5. The summed E-state index contributed by atoms with van der Waals surface area (Å²) in [5, 5.41) is 11.2. The van der Waals surface area contributed by atoms with Gasteiger partial charge < -0.3 is 5.11 Å². The number of nitrogens with zero attached hydrogens (tertiary/aromatic N) is 2. The van der Waals surface area contributed by atoms with Crippen molar-refractivity contribution in [2.45, 2.75) is 46.0 Å². The number of carbonyl (C=O) groups excluding carboxylic acids is 2. The number of allylic oxidation sites excluding steroid dienone is 1. The number of hydrogen-bond acceptors (Lipinski definition) is 6. The molecule has 0 aliphatic heterocycles. The lowest BCUT2D eigenvalue weighted by Crippen LogP contribution is -2.14. The van der Waals surface area contributed by atoms with Crippen LogP contribution < -0.4 is 0 Å². The van der Waals surface area contributed by atoms with Gasteiger partial charge in [-0.15, -0.1) is 11.3 Å². The summed E-state index contributed by atoms with van der Waals surface area (Å²) in [6.45, 7) is 3.59. The summed E-state index contributed by atoms with van der Waals surface area (Å²) in [6.07, 6.45) is 4.80. The molecule has 25 heavy (non-hydrogen) atoms. The second-order valence-corrected chi connectivity index (χ2v) is 7.29. The molecule has 0 aromatic carbocycles. The van der Waals surface area contributed by atoms with Gasteiger partial charge in [0.2, 0.25) is 5.78 Å². The highest BCUT2D eigenvalue weighted by atomic mass is 32.1. The maximum atomic E-state index is 12.7. The van der Waals surface area contributed by atoms with E-state index in [0.717, 1.165) is 24.2 Å². The summed E-state index contributed by atoms with van der Waals surface area (Å²) < 4.78 is 0. The molecule has 0 bridgehead atoms. The Balaban J connectivity index is 1.90. The Labute approximate surface area is 150 Å². The van der Waals surface area contributed by atoms with Gasteiger partial charge in [-0.1, -0.05) is 13.3 Å². The van der Waals surface area contributed by atoms with Gasteiger partial charge in [-0.05, 0) is 38.3 Å². The van der Waals surface area contributed by atoms with Crippen molar-refractivity contribution in [3.8, 4) is 0 Å². The van der Waals surface area contributed by atoms with Crippen molar-refractivity contribution in [3.05, 3.63) is 50.7 Å². The van der Waals surface area contributed by atoms with Gasteiger partial charge in [0, 0.05) is 23.0 Å². The molecule has 2 heterocycles.